The second-order valence-electron chi connectivity index (χ2n) is 6.52. The van der Waals surface area contributed by atoms with Gasteiger partial charge < -0.3 is 9.15 Å². The lowest BCUT2D eigenvalue weighted by Crippen LogP contribution is -2.31. The standard InChI is InChI=1S/C20H21FN2O2/c21-17-10-15-4-1-7-22-20(15)16(11-17)12-23(13-18-5-2-8-24-18)14-19-6-3-9-25-19/h1-2,4-5,7-8,10-11,19H,3,6,9,12-14H2. The zero-order valence-electron chi connectivity index (χ0n) is 14.0. The van der Waals surface area contributed by atoms with Crippen LogP contribution in [0.25, 0.3) is 10.9 Å². The van der Waals surface area contributed by atoms with E-state index in [1.165, 1.54) is 6.07 Å². The highest BCUT2D eigenvalue weighted by Crippen LogP contribution is 2.22. The second-order valence-corrected chi connectivity index (χ2v) is 6.52. The van der Waals surface area contributed by atoms with Gasteiger partial charge in [0.15, 0.2) is 0 Å². The number of nitrogens with zero attached hydrogens (tertiary/aromatic N) is 2. The van der Waals surface area contributed by atoms with E-state index in [1.807, 2.05) is 24.3 Å². The summed E-state index contributed by atoms with van der Waals surface area (Å²) in [6.07, 6.45) is 5.82. The number of pyridine rings is 1. The third kappa shape index (κ3) is 3.89. The van der Waals surface area contributed by atoms with Crippen molar-refractivity contribution in [2.75, 3.05) is 13.2 Å². The molecule has 5 heteroatoms. The van der Waals surface area contributed by atoms with Gasteiger partial charge in [-0.1, -0.05) is 6.07 Å². The topological polar surface area (TPSA) is 38.5 Å². The smallest absolute Gasteiger partial charge is 0.124 e. The monoisotopic (exact) mass is 340 g/mol. The molecule has 0 spiro atoms. The summed E-state index contributed by atoms with van der Waals surface area (Å²) < 4.78 is 25.3. The Kier molecular flexibility index (Phi) is 4.76. The lowest BCUT2D eigenvalue weighted by Gasteiger charge is -2.25. The van der Waals surface area contributed by atoms with Gasteiger partial charge in [0.25, 0.3) is 0 Å². The largest absolute Gasteiger partial charge is 0.468 e. The Balaban J connectivity index is 1.60. The predicted octanol–water partition coefficient (Wildman–Crippen LogP) is 4.15. The minimum atomic E-state index is -0.231. The van der Waals surface area contributed by atoms with Crippen LogP contribution in [-0.4, -0.2) is 29.1 Å². The molecular weight excluding hydrogens is 319 g/mol. The van der Waals surface area contributed by atoms with Crippen LogP contribution >= 0.6 is 0 Å². The molecule has 0 saturated carbocycles. The van der Waals surface area contributed by atoms with Crippen molar-refractivity contribution in [2.24, 2.45) is 0 Å². The Labute approximate surface area is 146 Å². The van der Waals surface area contributed by atoms with Crippen LogP contribution in [0.5, 0.6) is 0 Å². The average molecular weight is 340 g/mol. The molecule has 130 valence electrons. The highest BCUT2D eigenvalue weighted by Gasteiger charge is 2.21. The molecule has 0 aliphatic carbocycles. The first-order valence-corrected chi connectivity index (χ1v) is 8.67. The summed E-state index contributed by atoms with van der Waals surface area (Å²) in [7, 11) is 0. The van der Waals surface area contributed by atoms with Crippen LogP contribution in [0.4, 0.5) is 4.39 Å². The maximum atomic E-state index is 14.0. The third-order valence-corrected chi connectivity index (χ3v) is 4.59. The number of halogens is 1. The zero-order chi connectivity index (χ0) is 17.1. The highest BCUT2D eigenvalue weighted by atomic mass is 19.1. The van der Waals surface area contributed by atoms with E-state index in [-0.39, 0.29) is 11.9 Å². The molecule has 4 rings (SSSR count). The highest BCUT2D eigenvalue weighted by molar-refractivity contribution is 5.81. The number of furan rings is 1. The van der Waals surface area contributed by atoms with Gasteiger partial charge in [-0.15, -0.1) is 0 Å². The second kappa shape index (κ2) is 7.33. The summed E-state index contributed by atoms with van der Waals surface area (Å²) in [5, 5.41) is 0.826. The molecule has 1 aromatic carbocycles. The summed E-state index contributed by atoms with van der Waals surface area (Å²) in [5.74, 6) is 0.664. The molecule has 0 amide bonds. The first kappa shape index (κ1) is 16.2. The fraction of sp³-hybridized carbons (Fsp3) is 0.350. The van der Waals surface area contributed by atoms with Gasteiger partial charge in [-0.25, -0.2) is 4.39 Å². The van der Waals surface area contributed by atoms with E-state index < -0.39 is 0 Å². The molecule has 0 N–H and O–H groups in total. The van der Waals surface area contributed by atoms with Crippen LogP contribution in [0.15, 0.2) is 53.3 Å². The van der Waals surface area contributed by atoms with E-state index in [4.69, 9.17) is 9.15 Å². The van der Waals surface area contributed by atoms with E-state index in [1.54, 1.807) is 18.5 Å². The summed E-state index contributed by atoms with van der Waals surface area (Å²) in [5.41, 5.74) is 1.74. The molecular formula is C20H21FN2O2. The van der Waals surface area contributed by atoms with Crippen LogP contribution in [-0.2, 0) is 17.8 Å². The number of hydrogen-bond acceptors (Lipinski definition) is 4. The van der Waals surface area contributed by atoms with E-state index in [2.05, 4.69) is 9.88 Å². The molecule has 2 aromatic heterocycles. The van der Waals surface area contributed by atoms with E-state index in [0.717, 1.165) is 48.2 Å². The first-order valence-electron chi connectivity index (χ1n) is 8.67. The Hall–Kier alpha value is -2.24. The van der Waals surface area contributed by atoms with Crippen molar-refractivity contribution >= 4 is 10.9 Å². The summed E-state index contributed by atoms with van der Waals surface area (Å²) >= 11 is 0. The van der Waals surface area contributed by atoms with E-state index in [9.17, 15) is 4.39 Å². The maximum absolute atomic E-state index is 14.0. The minimum absolute atomic E-state index is 0.225. The number of ether oxygens (including phenoxy) is 1. The Morgan fingerprint density at radius 2 is 2.16 bits per heavy atom. The normalized spacial score (nSPS) is 17.6. The summed E-state index contributed by atoms with van der Waals surface area (Å²) in [6, 6.07) is 10.7. The van der Waals surface area contributed by atoms with Gasteiger partial charge in [-0.3, -0.25) is 9.88 Å². The number of rotatable bonds is 6. The molecule has 3 aromatic rings. The Morgan fingerprint density at radius 1 is 1.20 bits per heavy atom. The van der Waals surface area contributed by atoms with Gasteiger partial charge >= 0.3 is 0 Å². The minimum Gasteiger partial charge on any atom is -0.468 e. The van der Waals surface area contributed by atoms with Crippen LogP contribution in [0.3, 0.4) is 0 Å². The molecule has 0 radical (unpaired) electrons. The van der Waals surface area contributed by atoms with Crippen molar-refractivity contribution in [3.05, 3.63) is 66.0 Å². The molecule has 0 bridgehead atoms. The fourth-order valence-electron chi connectivity index (χ4n) is 3.47. The van der Waals surface area contributed by atoms with Crippen LogP contribution in [0.2, 0.25) is 0 Å². The zero-order valence-corrected chi connectivity index (χ0v) is 14.0. The van der Waals surface area contributed by atoms with Crippen molar-refractivity contribution in [1.82, 2.24) is 9.88 Å². The molecule has 1 aliphatic rings. The fourth-order valence-corrected chi connectivity index (χ4v) is 3.47. The molecule has 4 nitrogen and oxygen atoms in total. The van der Waals surface area contributed by atoms with Gasteiger partial charge in [0.2, 0.25) is 0 Å². The van der Waals surface area contributed by atoms with Crippen molar-refractivity contribution in [3.8, 4) is 0 Å². The molecule has 1 atom stereocenters. The molecule has 1 saturated heterocycles. The molecule has 25 heavy (non-hydrogen) atoms. The van der Waals surface area contributed by atoms with Gasteiger partial charge in [-0.05, 0) is 48.7 Å². The molecule has 1 fully saturated rings. The Morgan fingerprint density at radius 3 is 2.96 bits per heavy atom. The van der Waals surface area contributed by atoms with E-state index >= 15 is 0 Å². The molecule has 3 heterocycles. The quantitative estimate of drug-likeness (QED) is 0.676. The van der Waals surface area contributed by atoms with Crippen LogP contribution in [0.1, 0.15) is 24.2 Å². The predicted molar refractivity (Wildman–Crippen MR) is 93.5 cm³/mol. The van der Waals surface area contributed by atoms with Gasteiger partial charge in [-0.2, -0.15) is 0 Å². The number of fused-ring (bicyclic) bond motifs is 1. The van der Waals surface area contributed by atoms with Crippen LogP contribution in [0, 0.1) is 5.82 Å². The third-order valence-electron chi connectivity index (χ3n) is 4.59. The van der Waals surface area contributed by atoms with Gasteiger partial charge in [0.1, 0.15) is 11.6 Å². The Bertz CT molecular complexity index is 829. The lowest BCUT2D eigenvalue weighted by molar-refractivity contribution is 0.0656. The van der Waals surface area contributed by atoms with E-state index in [0.29, 0.717) is 13.1 Å². The average Bonchev–Trinajstić information content (AvgIpc) is 3.28. The first-order chi connectivity index (χ1) is 12.3. The maximum Gasteiger partial charge on any atom is 0.124 e. The number of benzene rings is 1. The van der Waals surface area contributed by atoms with Crippen molar-refractivity contribution in [3.63, 3.8) is 0 Å². The lowest BCUT2D eigenvalue weighted by atomic mass is 10.1. The van der Waals surface area contributed by atoms with Crippen LogP contribution < -0.4 is 0 Å². The summed E-state index contributed by atoms with van der Waals surface area (Å²) in [4.78, 5) is 6.70. The summed E-state index contributed by atoms with van der Waals surface area (Å²) in [6.45, 7) is 2.89. The van der Waals surface area contributed by atoms with Crippen molar-refractivity contribution < 1.29 is 13.5 Å². The molecule has 1 unspecified atom stereocenters. The SMILES string of the molecule is Fc1cc(CN(Cc2ccco2)CC2CCCO2)c2ncccc2c1. The molecule has 1 aliphatic heterocycles. The van der Waals surface area contributed by atoms with Crippen molar-refractivity contribution in [2.45, 2.75) is 32.0 Å². The number of aromatic nitrogens is 1. The number of hydrogen-bond donors (Lipinski definition) is 0. The van der Waals surface area contributed by atoms with Gasteiger partial charge in [0.05, 0.1) is 24.4 Å². The van der Waals surface area contributed by atoms with Gasteiger partial charge in [0, 0.05) is 31.3 Å². The van der Waals surface area contributed by atoms with Crippen molar-refractivity contribution in [1.29, 1.82) is 0 Å².